The van der Waals surface area contributed by atoms with Crippen molar-refractivity contribution in [1.29, 1.82) is 0 Å². The van der Waals surface area contributed by atoms with E-state index in [1.165, 1.54) is 6.42 Å². The molecule has 1 aliphatic heterocycles. The molecule has 0 amide bonds. The Kier molecular flexibility index (Phi) is 3.61. The maximum Gasteiger partial charge on any atom is 0.150 e. The molecule has 1 N–H and O–H groups in total. The van der Waals surface area contributed by atoms with Gasteiger partial charge in [0.2, 0.25) is 0 Å². The number of ether oxygens (including phenoxy) is 1. The minimum absolute atomic E-state index is 0.0648. The molecule has 3 heterocycles. The normalized spacial score (nSPS) is 19.7. The molecule has 1 fully saturated rings. The molecule has 1 atom stereocenters. The average Bonchev–Trinajstić information content (AvgIpc) is 3.08. The number of rotatable bonds is 4. The first-order chi connectivity index (χ1) is 9.36. The lowest BCUT2D eigenvalue weighted by Crippen LogP contribution is -2.18. The Hall–Kier alpha value is -1.66. The third-order valence-corrected chi connectivity index (χ3v) is 3.35. The van der Waals surface area contributed by atoms with Crippen molar-refractivity contribution in [3.8, 4) is 11.1 Å². The van der Waals surface area contributed by atoms with Gasteiger partial charge in [0.1, 0.15) is 6.23 Å². The molecule has 0 aliphatic carbocycles. The molecule has 102 valence electrons. The van der Waals surface area contributed by atoms with Crippen molar-refractivity contribution in [2.75, 3.05) is 13.2 Å². The smallest absolute Gasteiger partial charge is 0.150 e. The maximum absolute atomic E-state index is 8.88. The second-order valence-corrected chi connectivity index (χ2v) is 4.75. The monoisotopic (exact) mass is 262 g/mol. The molecule has 1 saturated heterocycles. The van der Waals surface area contributed by atoms with Crippen molar-refractivity contribution < 1.29 is 9.84 Å². The molecule has 0 bridgehead atoms. The summed E-state index contributed by atoms with van der Waals surface area (Å²) in [5.74, 6) is 0. The van der Waals surface area contributed by atoms with Gasteiger partial charge in [-0.3, -0.25) is 4.68 Å². The van der Waals surface area contributed by atoms with E-state index in [2.05, 4.69) is 10.2 Å². The molecule has 3 rings (SSSR count). The Morgan fingerprint density at radius 1 is 1.21 bits per heavy atom. The van der Waals surface area contributed by atoms with E-state index in [1.54, 1.807) is 10.9 Å². The molecule has 6 heteroatoms. The SMILES string of the molecule is OCCn1cc(-c2cnn(C3CCCCO3)c2)cn1. The van der Waals surface area contributed by atoms with Gasteiger partial charge in [-0.2, -0.15) is 10.2 Å². The first-order valence-corrected chi connectivity index (χ1v) is 6.66. The van der Waals surface area contributed by atoms with Crippen LogP contribution in [0.2, 0.25) is 0 Å². The van der Waals surface area contributed by atoms with Gasteiger partial charge in [-0.25, -0.2) is 4.68 Å². The lowest BCUT2D eigenvalue weighted by Gasteiger charge is -2.22. The molecule has 6 nitrogen and oxygen atoms in total. The molecular weight excluding hydrogens is 244 g/mol. The van der Waals surface area contributed by atoms with Crippen LogP contribution in [-0.2, 0) is 11.3 Å². The van der Waals surface area contributed by atoms with Crippen LogP contribution in [-0.4, -0.2) is 37.9 Å². The predicted molar refractivity (Wildman–Crippen MR) is 69.4 cm³/mol. The Morgan fingerprint density at radius 3 is 2.84 bits per heavy atom. The van der Waals surface area contributed by atoms with Crippen LogP contribution in [0.3, 0.4) is 0 Å². The van der Waals surface area contributed by atoms with E-state index in [9.17, 15) is 0 Å². The number of aliphatic hydroxyl groups excluding tert-OH is 1. The fourth-order valence-electron chi connectivity index (χ4n) is 2.31. The second-order valence-electron chi connectivity index (χ2n) is 4.75. The van der Waals surface area contributed by atoms with Gasteiger partial charge in [0, 0.05) is 30.1 Å². The lowest BCUT2D eigenvalue weighted by molar-refractivity contribution is -0.0394. The summed E-state index contributed by atoms with van der Waals surface area (Å²) in [6.45, 7) is 1.42. The fraction of sp³-hybridized carbons (Fsp3) is 0.538. The van der Waals surface area contributed by atoms with Crippen LogP contribution in [0.4, 0.5) is 0 Å². The van der Waals surface area contributed by atoms with E-state index < -0.39 is 0 Å². The minimum Gasteiger partial charge on any atom is -0.394 e. The van der Waals surface area contributed by atoms with Crippen LogP contribution in [0.15, 0.2) is 24.8 Å². The van der Waals surface area contributed by atoms with Crippen LogP contribution in [0, 0.1) is 0 Å². The first-order valence-electron chi connectivity index (χ1n) is 6.66. The topological polar surface area (TPSA) is 65.1 Å². The zero-order chi connectivity index (χ0) is 13.1. The summed E-state index contributed by atoms with van der Waals surface area (Å²) in [5.41, 5.74) is 2.04. The van der Waals surface area contributed by atoms with Gasteiger partial charge in [-0.05, 0) is 19.3 Å². The maximum atomic E-state index is 8.88. The highest BCUT2D eigenvalue weighted by Crippen LogP contribution is 2.24. The van der Waals surface area contributed by atoms with Gasteiger partial charge in [0.05, 0.1) is 25.5 Å². The average molecular weight is 262 g/mol. The Balaban J connectivity index is 1.75. The number of hydrogen-bond acceptors (Lipinski definition) is 4. The summed E-state index contributed by atoms with van der Waals surface area (Å²) in [6.07, 6.45) is 10.9. The van der Waals surface area contributed by atoms with Gasteiger partial charge in [-0.1, -0.05) is 0 Å². The van der Waals surface area contributed by atoms with Crippen molar-refractivity contribution in [1.82, 2.24) is 19.6 Å². The van der Waals surface area contributed by atoms with E-state index >= 15 is 0 Å². The second kappa shape index (κ2) is 5.54. The standard InChI is InChI=1S/C13H18N4O2/c18-5-4-16-9-11(7-14-16)12-8-15-17(10-12)13-3-1-2-6-19-13/h7-10,13,18H,1-6H2. The number of hydrogen-bond donors (Lipinski definition) is 1. The van der Waals surface area contributed by atoms with Gasteiger partial charge in [-0.15, -0.1) is 0 Å². The molecule has 19 heavy (non-hydrogen) atoms. The molecule has 2 aromatic rings. The van der Waals surface area contributed by atoms with E-state index in [0.29, 0.717) is 6.54 Å². The summed E-state index contributed by atoms with van der Waals surface area (Å²) in [7, 11) is 0. The summed E-state index contributed by atoms with van der Waals surface area (Å²) < 4.78 is 9.32. The molecule has 0 radical (unpaired) electrons. The number of aliphatic hydroxyl groups is 1. The van der Waals surface area contributed by atoms with E-state index in [1.807, 2.05) is 23.3 Å². The summed E-state index contributed by atoms with van der Waals surface area (Å²) in [6, 6.07) is 0. The quantitative estimate of drug-likeness (QED) is 0.905. The molecule has 0 aromatic carbocycles. The Morgan fingerprint density at radius 2 is 2.05 bits per heavy atom. The predicted octanol–water partition coefficient (Wildman–Crippen LogP) is 1.44. The molecule has 0 spiro atoms. The van der Waals surface area contributed by atoms with Crippen LogP contribution >= 0.6 is 0 Å². The Bertz CT molecular complexity index is 528. The largest absolute Gasteiger partial charge is 0.394 e. The van der Waals surface area contributed by atoms with E-state index in [4.69, 9.17) is 9.84 Å². The van der Waals surface area contributed by atoms with Crippen LogP contribution < -0.4 is 0 Å². The van der Waals surface area contributed by atoms with E-state index in [0.717, 1.165) is 30.6 Å². The Labute approximate surface area is 111 Å². The first kappa shape index (κ1) is 12.4. The van der Waals surface area contributed by atoms with Gasteiger partial charge in [0.15, 0.2) is 0 Å². The van der Waals surface area contributed by atoms with Crippen LogP contribution in [0.25, 0.3) is 11.1 Å². The summed E-state index contributed by atoms with van der Waals surface area (Å²) >= 11 is 0. The number of nitrogens with zero attached hydrogens (tertiary/aromatic N) is 4. The van der Waals surface area contributed by atoms with Crippen molar-refractivity contribution in [2.45, 2.75) is 32.0 Å². The fourth-order valence-corrected chi connectivity index (χ4v) is 2.31. The highest BCUT2D eigenvalue weighted by atomic mass is 16.5. The third kappa shape index (κ3) is 2.69. The highest BCUT2D eigenvalue weighted by Gasteiger charge is 2.17. The van der Waals surface area contributed by atoms with E-state index in [-0.39, 0.29) is 12.8 Å². The lowest BCUT2D eigenvalue weighted by atomic mass is 10.2. The van der Waals surface area contributed by atoms with Crippen LogP contribution in [0.1, 0.15) is 25.5 Å². The molecule has 1 unspecified atom stereocenters. The van der Waals surface area contributed by atoms with Crippen molar-refractivity contribution in [3.05, 3.63) is 24.8 Å². The van der Waals surface area contributed by atoms with Crippen LogP contribution in [0.5, 0.6) is 0 Å². The van der Waals surface area contributed by atoms with Gasteiger partial charge in [0.25, 0.3) is 0 Å². The third-order valence-electron chi connectivity index (χ3n) is 3.35. The van der Waals surface area contributed by atoms with Gasteiger partial charge < -0.3 is 9.84 Å². The molecule has 0 saturated carbocycles. The zero-order valence-electron chi connectivity index (χ0n) is 10.8. The molecule has 2 aromatic heterocycles. The van der Waals surface area contributed by atoms with Crippen molar-refractivity contribution in [3.63, 3.8) is 0 Å². The summed E-state index contributed by atoms with van der Waals surface area (Å²) in [5, 5.41) is 17.4. The highest BCUT2D eigenvalue weighted by molar-refractivity contribution is 5.59. The molecular formula is C13H18N4O2. The van der Waals surface area contributed by atoms with Crippen molar-refractivity contribution in [2.24, 2.45) is 0 Å². The zero-order valence-corrected chi connectivity index (χ0v) is 10.8. The molecule has 1 aliphatic rings. The van der Waals surface area contributed by atoms with Crippen molar-refractivity contribution >= 4 is 0 Å². The summed E-state index contributed by atoms with van der Waals surface area (Å²) in [4.78, 5) is 0. The minimum atomic E-state index is 0.0648. The van der Waals surface area contributed by atoms with Gasteiger partial charge >= 0.3 is 0 Å². The number of aromatic nitrogens is 4.